The van der Waals surface area contributed by atoms with E-state index in [-0.39, 0.29) is 5.97 Å². The summed E-state index contributed by atoms with van der Waals surface area (Å²) in [6.45, 7) is 0.306. The molecular formula is C17H13BrO2S. The SMILES string of the molecule is O=C(OCc1ccccc1)c1cc2cc(CBr)ccc2s1. The van der Waals surface area contributed by atoms with Crippen LogP contribution in [0.5, 0.6) is 0 Å². The van der Waals surface area contributed by atoms with E-state index in [9.17, 15) is 4.79 Å². The molecule has 2 aromatic carbocycles. The molecule has 0 amide bonds. The standard InChI is InChI=1S/C17H13BrO2S/c18-10-13-6-7-15-14(8-13)9-16(21-15)17(19)20-11-12-4-2-1-3-5-12/h1-9H,10-11H2. The van der Waals surface area contributed by atoms with Gasteiger partial charge in [0.2, 0.25) is 0 Å². The van der Waals surface area contributed by atoms with Crippen LogP contribution in [0.3, 0.4) is 0 Å². The van der Waals surface area contributed by atoms with Gasteiger partial charge in [-0.15, -0.1) is 11.3 Å². The van der Waals surface area contributed by atoms with E-state index in [2.05, 4.69) is 28.1 Å². The minimum absolute atomic E-state index is 0.263. The van der Waals surface area contributed by atoms with E-state index in [1.807, 2.05) is 42.5 Å². The first kappa shape index (κ1) is 14.3. The minimum Gasteiger partial charge on any atom is -0.457 e. The molecule has 0 atom stereocenters. The van der Waals surface area contributed by atoms with Crippen molar-refractivity contribution in [3.05, 3.63) is 70.6 Å². The Kier molecular flexibility index (Phi) is 4.36. The van der Waals surface area contributed by atoms with Gasteiger partial charge in [-0.1, -0.05) is 52.3 Å². The molecule has 0 aliphatic carbocycles. The fourth-order valence-electron chi connectivity index (χ4n) is 2.07. The Hall–Kier alpha value is -1.65. The van der Waals surface area contributed by atoms with Crippen molar-refractivity contribution in [2.75, 3.05) is 0 Å². The zero-order chi connectivity index (χ0) is 14.7. The number of hydrogen-bond donors (Lipinski definition) is 0. The minimum atomic E-state index is -0.263. The molecule has 3 aromatic rings. The largest absolute Gasteiger partial charge is 0.457 e. The van der Waals surface area contributed by atoms with Gasteiger partial charge in [-0.25, -0.2) is 4.79 Å². The maximum atomic E-state index is 12.1. The molecule has 21 heavy (non-hydrogen) atoms. The van der Waals surface area contributed by atoms with E-state index in [1.54, 1.807) is 0 Å². The number of hydrogen-bond acceptors (Lipinski definition) is 3. The third kappa shape index (κ3) is 3.34. The summed E-state index contributed by atoms with van der Waals surface area (Å²) in [6, 6.07) is 17.8. The monoisotopic (exact) mass is 360 g/mol. The topological polar surface area (TPSA) is 26.3 Å². The van der Waals surface area contributed by atoms with Crippen molar-refractivity contribution in [1.82, 2.24) is 0 Å². The molecule has 0 fully saturated rings. The van der Waals surface area contributed by atoms with Crippen LogP contribution in [0.1, 0.15) is 20.8 Å². The normalized spacial score (nSPS) is 10.7. The second-order valence-electron chi connectivity index (χ2n) is 4.68. The molecule has 0 aliphatic rings. The molecule has 0 unspecified atom stereocenters. The van der Waals surface area contributed by atoms with E-state index in [1.165, 1.54) is 16.9 Å². The van der Waals surface area contributed by atoms with Crippen molar-refractivity contribution in [1.29, 1.82) is 0 Å². The average Bonchev–Trinajstić information content (AvgIpc) is 2.96. The van der Waals surface area contributed by atoms with E-state index >= 15 is 0 Å². The first-order chi connectivity index (χ1) is 10.3. The molecule has 0 saturated heterocycles. The third-order valence-corrected chi connectivity index (χ3v) is 4.89. The highest BCUT2D eigenvalue weighted by atomic mass is 79.9. The Balaban J connectivity index is 1.75. The first-order valence-electron chi connectivity index (χ1n) is 6.56. The van der Waals surface area contributed by atoms with Gasteiger partial charge in [0.25, 0.3) is 0 Å². The fourth-order valence-corrected chi connectivity index (χ4v) is 3.36. The Labute approximate surface area is 135 Å². The van der Waals surface area contributed by atoms with Crippen molar-refractivity contribution in [2.24, 2.45) is 0 Å². The number of carbonyl (C=O) groups is 1. The molecule has 3 rings (SSSR count). The van der Waals surface area contributed by atoms with Crippen LogP contribution < -0.4 is 0 Å². The van der Waals surface area contributed by atoms with E-state index in [0.717, 1.165) is 21.0 Å². The van der Waals surface area contributed by atoms with Crippen LogP contribution in [-0.2, 0) is 16.7 Å². The second kappa shape index (κ2) is 6.41. The number of thiophene rings is 1. The molecule has 0 N–H and O–H groups in total. The maximum Gasteiger partial charge on any atom is 0.348 e. The zero-order valence-corrected chi connectivity index (χ0v) is 13.6. The van der Waals surface area contributed by atoms with Gasteiger partial charge in [0.05, 0.1) is 0 Å². The molecule has 1 heterocycles. The molecule has 4 heteroatoms. The van der Waals surface area contributed by atoms with Gasteiger partial charge in [0, 0.05) is 10.0 Å². The molecule has 2 nitrogen and oxygen atoms in total. The van der Waals surface area contributed by atoms with Crippen molar-refractivity contribution >= 4 is 43.3 Å². The summed E-state index contributed by atoms with van der Waals surface area (Å²) in [7, 11) is 0. The molecule has 0 spiro atoms. The molecule has 106 valence electrons. The van der Waals surface area contributed by atoms with Crippen LogP contribution in [0, 0.1) is 0 Å². The van der Waals surface area contributed by atoms with Gasteiger partial charge in [-0.3, -0.25) is 0 Å². The van der Waals surface area contributed by atoms with Crippen molar-refractivity contribution in [3.63, 3.8) is 0 Å². The van der Waals surface area contributed by atoms with Crippen molar-refractivity contribution in [2.45, 2.75) is 11.9 Å². The van der Waals surface area contributed by atoms with Crippen molar-refractivity contribution in [3.8, 4) is 0 Å². The molecule has 1 aromatic heterocycles. The number of alkyl halides is 1. The maximum absolute atomic E-state index is 12.1. The Morgan fingerprint density at radius 3 is 2.62 bits per heavy atom. The van der Waals surface area contributed by atoms with E-state index in [4.69, 9.17) is 4.74 Å². The summed E-state index contributed by atoms with van der Waals surface area (Å²) in [5.74, 6) is -0.263. The summed E-state index contributed by atoms with van der Waals surface area (Å²) in [5.41, 5.74) is 2.19. The number of ether oxygens (including phenoxy) is 1. The highest BCUT2D eigenvalue weighted by molar-refractivity contribution is 9.08. The van der Waals surface area contributed by atoms with Gasteiger partial charge in [-0.2, -0.15) is 0 Å². The second-order valence-corrected chi connectivity index (χ2v) is 6.32. The van der Waals surface area contributed by atoms with Crippen LogP contribution in [0.25, 0.3) is 10.1 Å². The first-order valence-corrected chi connectivity index (χ1v) is 8.49. The summed E-state index contributed by atoms with van der Waals surface area (Å²) in [6.07, 6.45) is 0. The predicted octanol–water partition coefficient (Wildman–Crippen LogP) is 5.15. The third-order valence-electron chi connectivity index (χ3n) is 3.15. The Morgan fingerprint density at radius 2 is 1.86 bits per heavy atom. The van der Waals surface area contributed by atoms with Crippen LogP contribution >= 0.6 is 27.3 Å². The lowest BCUT2D eigenvalue weighted by molar-refractivity contribution is 0.0478. The molecule has 0 bridgehead atoms. The van der Waals surface area contributed by atoms with Gasteiger partial charge in [-0.05, 0) is 34.7 Å². The number of halogens is 1. The average molecular weight is 361 g/mol. The lowest BCUT2D eigenvalue weighted by Crippen LogP contribution is -2.02. The number of benzene rings is 2. The molecule has 0 aliphatic heterocycles. The Bertz CT molecular complexity index is 765. The zero-order valence-electron chi connectivity index (χ0n) is 11.2. The molecule has 0 radical (unpaired) electrons. The highest BCUT2D eigenvalue weighted by Crippen LogP contribution is 2.28. The van der Waals surface area contributed by atoms with Gasteiger partial charge in [0.1, 0.15) is 11.5 Å². The van der Waals surface area contributed by atoms with Crippen molar-refractivity contribution < 1.29 is 9.53 Å². The number of fused-ring (bicyclic) bond motifs is 1. The summed E-state index contributed by atoms with van der Waals surface area (Å²) in [4.78, 5) is 12.8. The fraction of sp³-hybridized carbons (Fsp3) is 0.118. The predicted molar refractivity (Wildman–Crippen MR) is 90.0 cm³/mol. The molecular weight excluding hydrogens is 348 g/mol. The summed E-state index contributed by atoms with van der Waals surface area (Å²) < 4.78 is 6.47. The number of esters is 1. The number of rotatable bonds is 4. The van der Waals surface area contributed by atoms with Crippen LogP contribution in [0.2, 0.25) is 0 Å². The molecule has 0 saturated carbocycles. The van der Waals surface area contributed by atoms with E-state index < -0.39 is 0 Å². The lowest BCUT2D eigenvalue weighted by atomic mass is 10.2. The van der Waals surface area contributed by atoms with E-state index in [0.29, 0.717) is 11.5 Å². The quantitative estimate of drug-likeness (QED) is 0.474. The van der Waals surface area contributed by atoms with Crippen LogP contribution in [-0.4, -0.2) is 5.97 Å². The van der Waals surface area contributed by atoms with Gasteiger partial charge < -0.3 is 4.74 Å². The van der Waals surface area contributed by atoms with Crippen LogP contribution in [0.15, 0.2) is 54.6 Å². The smallest absolute Gasteiger partial charge is 0.348 e. The number of carbonyl (C=O) groups excluding carboxylic acids is 1. The lowest BCUT2D eigenvalue weighted by Gasteiger charge is -2.02. The van der Waals surface area contributed by atoms with Gasteiger partial charge in [0.15, 0.2) is 0 Å². The Morgan fingerprint density at radius 1 is 1.05 bits per heavy atom. The van der Waals surface area contributed by atoms with Gasteiger partial charge >= 0.3 is 5.97 Å². The summed E-state index contributed by atoms with van der Waals surface area (Å²) >= 11 is 4.91. The summed E-state index contributed by atoms with van der Waals surface area (Å²) in [5, 5.41) is 1.90. The van der Waals surface area contributed by atoms with Crippen LogP contribution in [0.4, 0.5) is 0 Å². The highest BCUT2D eigenvalue weighted by Gasteiger charge is 2.12.